The molecule has 0 aromatic carbocycles. The Bertz CT molecular complexity index is 363. The molecule has 1 heteroatoms. The van der Waals surface area contributed by atoms with E-state index < -0.39 is 0 Å². The molecule has 22 heavy (non-hydrogen) atoms. The van der Waals surface area contributed by atoms with Gasteiger partial charge in [-0.05, 0) is 35.0 Å². The van der Waals surface area contributed by atoms with E-state index in [0.717, 1.165) is 11.7 Å². The first-order chi connectivity index (χ1) is 10.2. The Hall–Kier alpha value is -0.980. The average Bonchev–Trinajstić information content (AvgIpc) is 2.62. The Kier molecular flexibility index (Phi) is 13.3. The number of hydrogen-bond acceptors (Lipinski definition) is 1. The van der Waals surface area contributed by atoms with Gasteiger partial charge in [-0.1, -0.05) is 82.2 Å². The maximum atomic E-state index is 5.77. The average molecular weight is 309 g/mol. The molecular formula is C21H40O. The molecule has 0 atom stereocenters. The summed E-state index contributed by atoms with van der Waals surface area (Å²) < 4.78 is 5.77. The van der Waals surface area contributed by atoms with Crippen LogP contribution in [0.4, 0.5) is 0 Å². The third kappa shape index (κ3) is 9.12. The zero-order valence-corrected chi connectivity index (χ0v) is 16.9. The van der Waals surface area contributed by atoms with Crippen molar-refractivity contribution in [2.24, 2.45) is 23.7 Å². The van der Waals surface area contributed by atoms with Crippen LogP contribution < -0.4 is 0 Å². The fraction of sp³-hybridized carbons (Fsp3) is 0.714. The predicted molar refractivity (Wildman–Crippen MR) is 102 cm³/mol. The van der Waals surface area contributed by atoms with E-state index in [1.54, 1.807) is 6.26 Å². The van der Waals surface area contributed by atoms with Gasteiger partial charge in [-0.3, -0.25) is 0 Å². The minimum atomic E-state index is 0.433. The second kappa shape index (κ2) is 12.6. The van der Waals surface area contributed by atoms with Crippen LogP contribution in [0.5, 0.6) is 0 Å². The summed E-state index contributed by atoms with van der Waals surface area (Å²) in [5, 5.41) is 0. The van der Waals surface area contributed by atoms with Gasteiger partial charge in [-0.2, -0.15) is 0 Å². The highest BCUT2D eigenvalue weighted by molar-refractivity contribution is 5.40. The summed E-state index contributed by atoms with van der Waals surface area (Å²) in [7, 11) is 0. The first-order valence-electron chi connectivity index (χ1n) is 8.96. The van der Waals surface area contributed by atoms with Gasteiger partial charge in [-0.25, -0.2) is 0 Å². The normalized spacial score (nSPS) is 14.2. The van der Waals surface area contributed by atoms with Gasteiger partial charge in [0.15, 0.2) is 0 Å². The quantitative estimate of drug-likeness (QED) is 0.529. The highest BCUT2D eigenvalue weighted by Gasteiger charge is 2.21. The van der Waals surface area contributed by atoms with E-state index in [9.17, 15) is 0 Å². The number of allylic oxidation sites excluding steroid dienone is 5. The van der Waals surface area contributed by atoms with Crippen LogP contribution in [-0.4, -0.2) is 0 Å². The molecule has 0 unspecified atom stereocenters. The molecule has 1 aliphatic rings. The predicted octanol–water partition coefficient (Wildman–Crippen LogP) is 7.37. The lowest BCUT2D eigenvalue weighted by Crippen LogP contribution is -2.11. The van der Waals surface area contributed by atoms with Crippen LogP contribution in [0.15, 0.2) is 35.3 Å². The van der Waals surface area contributed by atoms with Gasteiger partial charge in [0.25, 0.3) is 0 Å². The molecule has 0 aromatic heterocycles. The zero-order valence-electron chi connectivity index (χ0n) is 16.9. The van der Waals surface area contributed by atoms with Crippen LogP contribution >= 0.6 is 0 Å². The van der Waals surface area contributed by atoms with Gasteiger partial charge in [-0.15, -0.1) is 0 Å². The van der Waals surface area contributed by atoms with E-state index in [1.807, 2.05) is 19.9 Å². The van der Waals surface area contributed by atoms with Crippen molar-refractivity contribution in [2.45, 2.75) is 76.2 Å². The molecular weight excluding hydrogens is 268 g/mol. The highest BCUT2D eigenvalue weighted by Crippen LogP contribution is 2.34. The van der Waals surface area contributed by atoms with Crippen LogP contribution in [0.3, 0.4) is 0 Å². The van der Waals surface area contributed by atoms with Crippen molar-refractivity contribution < 1.29 is 4.74 Å². The molecule has 130 valence electrons. The molecule has 0 aliphatic carbocycles. The Morgan fingerprint density at radius 2 is 1.18 bits per heavy atom. The Morgan fingerprint density at radius 1 is 0.727 bits per heavy atom. The van der Waals surface area contributed by atoms with E-state index in [-0.39, 0.29) is 0 Å². The topological polar surface area (TPSA) is 9.23 Å². The van der Waals surface area contributed by atoms with Crippen LogP contribution in [0.25, 0.3) is 0 Å². The van der Waals surface area contributed by atoms with Gasteiger partial charge in [0, 0.05) is 5.92 Å². The summed E-state index contributed by atoms with van der Waals surface area (Å²) in [5.41, 5.74) is 2.79. The number of ether oxygens (including phenoxy) is 1. The second-order valence-electron chi connectivity index (χ2n) is 7.04. The minimum Gasteiger partial charge on any atom is -0.469 e. The van der Waals surface area contributed by atoms with E-state index in [2.05, 4.69) is 68.4 Å². The summed E-state index contributed by atoms with van der Waals surface area (Å²) in [4.78, 5) is 0. The lowest BCUT2D eigenvalue weighted by Gasteiger charge is -2.23. The Morgan fingerprint density at radius 3 is 1.50 bits per heavy atom. The molecule has 0 saturated heterocycles. The Labute approximate surface area is 140 Å². The highest BCUT2D eigenvalue weighted by atomic mass is 16.5. The van der Waals surface area contributed by atoms with Crippen LogP contribution in [0, 0.1) is 23.7 Å². The van der Waals surface area contributed by atoms with Crippen LogP contribution in [0.1, 0.15) is 76.2 Å². The van der Waals surface area contributed by atoms with E-state index in [0.29, 0.717) is 17.8 Å². The van der Waals surface area contributed by atoms with Crippen molar-refractivity contribution in [3.05, 3.63) is 35.3 Å². The minimum absolute atomic E-state index is 0.433. The van der Waals surface area contributed by atoms with E-state index >= 15 is 0 Å². The maximum Gasteiger partial charge on any atom is 0.109 e. The molecule has 1 aliphatic heterocycles. The monoisotopic (exact) mass is 308 g/mol. The Balaban J connectivity index is 0. The van der Waals surface area contributed by atoms with Crippen molar-refractivity contribution in [1.82, 2.24) is 0 Å². The SMILES string of the molecule is CC.CC(C)C.CC(C)C1=CC=COC(C(C)C)=C1C(C)C. The van der Waals surface area contributed by atoms with Crippen molar-refractivity contribution in [2.75, 3.05) is 0 Å². The van der Waals surface area contributed by atoms with Gasteiger partial charge in [0.2, 0.25) is 0 Å². The molecule has 0 spiro atoms. The zero-order chi connectivity index (χ0) is 17.9. The number of rotatable bonds is 3. The molecule has 1 heterocycles. The van der Waals surface area contributed by atoms with Crippen molar-refractivity contribution >= 4 is 0 Å². The third-order valence-electron chi connectivity index (χ3n) is 2.85. The van der Waals surface area contributed by atoms with Gasteiger partial charge < -0.3 is 4.74 Å². The van der Waals surface area contributed by atoms with E-state index in [4.69, 9.17) is 4.74 Å². The summed E-state index contributed by atoms with van der Waals surface area (Å²) in [6, 6.07) is 0. The molecule has 1 nitrogen and oxygen atoms in total. The van der Waals surface area contributed by atoms with Gasteiger partial charge in [0.1, 0.15) is 5.76 Å². The van der Waals surface area contributed by atoms with E-state index in [1.165, 1.54) is 11.1 Å². The molecule has 0 saturated carbocycles. The first-order valence-corrected chi connectivity index (χ1v) is 8.96. The summed E-state index contributed by atoms with van der Waals surface area (Å²) in [6.45, 7) is 23.8. The molecule has 0 bridgehead atoms. The maximum absolute atomic E-state index is 5.77. The van der Waals surface area contributed by atoms with Gasteiger partial charge in [0.05, 0.1) is 6.26 Å². The molecule has 0 N–H and O–H groups in total. The fourth-order valence-electron chi connectivity index (χ4n) is 2.12. The second-order valence-corrected chi connectivity index (χ2v) is 7.04. The lowest BCUT2D eigenvalue weighted by molar-refractivity contribution is 0.295. The molecule has 1 rings (SSSR count). The van der Waals surface area contributed by atoms with Crippen LogP contribution in [0.2, 0.25) is 0 Å². The molecule has 0 fully saturated rings. The van der Waals surface area contributed by atoms with Crippen molar-refractivity contribution in [1.29, 1.82) is 0 Å². The summed E-state index contributed by atoms with van der Waals surface area (Å²) in [5.74, 6) is 3.44. The molecule has 0 radical (unpaired) electrons. The van der Waals surface area contributed by atoms with Crippen molar-refractivity contribution in [3.8, 4) is 0 Å². The lowest BCUT2D eigenvalue weighted by atomic mass is 9.85. The standard InChI is InChI=1S/C15H24O.C4H10.C2H6/c1-10(2)13-8-7-9-16-15(12(5)6)14(13)11(3)4;1-4(2)3;1-2/h7-12H,1-6H3;4H,1-3H3;1-2H3. The largest absolute Gasteiger partial charge is 0.469 e. The third-order valence-corrected chi connectivity index (χ3v) is 2.85. The summed E-state index contributed by atoms with van der Waals surface area (Å²) in [6.07, 6.45) is 6.00. The molecule has 0 aromatic rings. The van der Waals surface area contributed by atoms with Gasteiger partial charge >= 0.3 is 0 Å². The first kappa shape index (κ1) is 23.3. The van der Waals surface area contributed by atoms with Crippen molar-refractivity contribution in [3.63, 3.8) is 0 Å². The fourth-order valence-corrected chi connectivity index (χ4v) is 2.12. The summed E-state index contributed by atoms with van der Waals surface area (Å²) >= 11 is 0. The van der Waals surface area contributed by atoms with Crippen LogP contribution in [-0.2, 0) is 4.74 Å². The molecule has 0 amide bonds. The number of hydrogen-bond donors (Lipinski definition) is 0. The smallest absolute Gasteiger partial charge is 0.109 e.